The van der Waals surface area contributed by atoms with E-state index in [1.807, 2.05) is 19.2 Å². The first-order chi connectivity index (χ1) is 7.25. The molecule has 1 atom stereocenters. The first-order valence-corrected chi connectivity index (χ1v) is 5.37. The van der Waals surface area contributed by atoms with Gasteiger partial charge in [-0.25, -0.2) is 0 Å². The number of benzene rings is 1. The van der Waals surface area contributed by atoms with Crippen molar-refractivity contribution in [2.24, 2.45) is 0 Å². The number of phenols is 1. The molecule has 0 radical (unpaired) electrons. The molecule has 1 aromatic carbocycles. The number of ether oxygens (including phenoxy) is 1. The van der Waals surface area contributed by atoms with Crippen LogP contribution in [0.2, 0.25) is 0 Å². The molecule has 2 rings (SSSR count). The van der Waals surface area contributed by atoms with Gasteiger partial charge in [0, 0.05) is 32.0 Å². The van der Waals surface area contributed by atoms with Crippen LogP contribution in [-0.4, -0.2) is 31.4 Å². The van der Waals surface area contributed by atoms with Gasteiger partial charge in [0.25, 0.3) is 0 Å². The average Bonchev–Trinajstić information content (AvgIpc) is 2.70. The molecule has 15 heavy (non-hydrogen) atoms. The van der Waals surface area contributed by atoms with Crippen LogP contribution in [0.25, 0.3) is 0 Å². The van der Waals surface area contributed by atoms with Crippen LogP contribution in [0.4, 0.5) is 5.69 Å². The van der Waals surface area contributed by atoms with Gasteiger partial charge in [-0.05, 0) is 25.0 Å². The Hall–Kier alpha value is -1.22. The smallest absolute Gasteiger partial charge is 0.117 e. The van der Waals surface area contributed by atoms with E-state index in [1.165, 1.54) is 6.42 Å². The van der Waals surface area contributed by atoms with Gasteiger partial charge in [-0.1, -0.05) is 6.07 Å². The van der Waals surface area contributed by atoms with Crippen LogP contribution in [0.15, 0.2) is 24.3 Å². The van der Waals surface area contributed by atoms with Gasteiger partial charge in [0.1, 0.15) is 5.75 Å². The third-order valence-corrected chi connectivity index (χ3v) is 2.77. The van der Waals surface area contributed by atoms with Crippen molar-refractivity contribution < 1.29 is 9.84 Å². The molecule has 1 N–H and O–H groups in total. The summed E-state index contributed by atoms with van der Waals surface area (Å²) < 4.78 is 5.57. The molecular weight excluding hydrogens is 190 g/mol. The molecule has 1 aliphatic rings. The second kappa shape index (κ2) is 4.53. The molecule has 3 heteroatoms. The molecule has 0 aliphatic carbocycles. The Kier molecular flexibility index (Phi) is 3.11. The first kappa shape index (κ1) is 10.3. The summed E-state index contributed by atoms with van der Waals surface area (Å²) >= 11 is 0. The quantitative estimate of drug-likeness (QED) is 0.823. The molecule has 1 unspecified atom stereocenters. The molecule has 0 saturated carbocycles. The topological polar surface area (TPSA) is 32.7 Å². The average molecular weight is 207 g/mol. The Bertz CT molecular complexity index is 321. The van der Waals surface area contributed by atoms with Crippen LogP contribution < -0.4 is 4.90 Å². The standard InChI is InChI=1S/C12H17NO2/c1-13(9-12-6-3-7-15-12)10-4-2-5-11(14)8-10/h2,4-5,8,12,14H,3,6-7,9H2,1H3. The maximum Gasteiger partial charge on any atom is 0.117 e. The molecule has 1 fully saturated rings. The molecule has 1 heterocycles. The summed E-state index contributed by atoms with van der Waals surface area (Å²) in [5, 5.41) is 9.36. The molecular formula is C12H17NO2. The summed E-state index contributed by atoms with van der Waals surface area (Å²) in [6.45, 7) is 1.78. The zero-order chi connectivity index (χ0) is 10.7. The Morgan fingerprint density at radius 2 is 2.40 bits per heavy atom. The fourth-order valence-corrected chi connectivity index (χ4v) is 1.93. The summed E-state index contributed by atoms with van der Waals surface area (Å²) in [5.74, 6) is 0.312. The summed E-state index contributed by atoms with van der Waals surface area (Å²) in [6, 6.07) is 7.31. The van der Waals surface area contributed by atoms with Crippen LogP contribution in [0.3, 0.4) is 0 Å². The zero-order valence-corrected chi connectivity index (χ0v) is 9.02. The van der Waals surface area contributed by atoms with Crippen molar-refractivity contribution in [1.82, 2.24) is 0 Å². The number of hydrogen-bond acceptors (Lipinski definition) is 3. The van der Waals surface area contributed by atoms with Gasteiger partial charge in [0.05, 0.1) is 6.10 Å². The maximum absolute atomic E-state index is 9.36. The number of rotatable bonds is 3. The molecule has 0 bridgehead atoms. The highest BCUT2D eigenvalue weighted by Crippen LogP contribution is 2.21. The minimum Gasteiger partial charge on any atom is -0.508 e. The summed E-state index contributed by atoms with van der Waals surface area (Å²) in [4.78, 5) is 2.12. The van der Waals surface area contributed by atoms with E-state index in [-0.39, 0.29) is 0 Å². The second-order valence-corrected chi connectivity index (χ2v) is 4.04. The van der Waals surface area contributed by atoms with Crippen molar-refractivity contribution in [2.75, 3.05) is 25.1 Å². The third-order valence-electron chi connectivity index (χ3n) is 2.77. The first-order valence-electron chi connectivity index (χ1n) is 5.37. The lowest BCUT2D eigenvalue weighted by Gasteiger charge is -2.22. The Labute approximate surface area is 90.3 Å². The van der Waals surface area contributed by atoms with Crippen molar-refractivity contribution in [3.63, 3.8) is 0 Å². The number of nitrogens with zero attached hydrogens (tertiary/aromatic N) is 1. The summed E-state index contributed by atoms with van der Waals surface area (Å²) in [7, 11) is 2.02. The van der Waals surface area contributed by atoms with Crippen molar-refractivity contribution in [3.05, 3.63) is 24.3 Å². The minimum atomic E-state index is 0.312. The molecule has 1 aliphatic heterocycles. The van der Waals surface area contributed by atoms with Gasteiger partial charge < -0.3 is 14.7 Å². The summed E-state index contributed by atoms with van der Waals surface area (Å²) in [6.07, 6.45) is 2.65. The van der Waals surface area contributed by atoms with E-state index in [1.54, 1.807) is 12.1 Å². The number of phenolic OH excluding ortho intramolecular Hbond substituents is 1. The van der Waals surface area contributed by atoms with E-state index < -0.39 is 0 Å². The van der Waals surface area contributed by atoms with Crippen LogP contribution in [0.1, 0.15) is 12.8 Å². The van der Waals surface area contributed by atoms with E-state index in [4.69, 9.17) is 4.74 Å². The highest BCUT2D eigenvalue weighted by atomic mass is 16.5. The fraction of sp³-hybridized carbons (Fsp3) is 0.500. The number of anilines is 1. The van der Waals surface area contributed by atoms with Crippen LogP contribution in [0, 0.1) is 0 Å². The largest absolute Gasteiger partial charge is 0.508 e. The van der Waals surface area contributed by atoms with Crippen molar-refractivity contribution in [1.29, 1.82) is 0 Å². The van der Waals surface area contributed by atoms with Gasteiger partial charge in [0.15, 0.2) is 0 Å². The molecule has 1 saturated heterocycles. The third kappa shape index (κ3) is 2.63. The van der Waals surface area contributed by atoms with Crippen molar-refractivity contribution in [2.45, 2.75) is 18.9 Å². The van der Waals surface area contributed by atoms with Crippen molar-refractivity contribution >= 4 is 5.69 Å². The van der Waals surface area contributed by atoms with Gasteiger partial charge in [-0.2, -0.15) is 0 Å². The van der Waals surface area contributed by atoms with E-state index >= 15 is 0 Å². The Morgan fingerprint density at radius 3 is 3.07 bits per heavy atom. The lowest BCUT2D eigenvalue weighted by molar-refractivity contribution is 0.116. The van der Waals surface area contributed by atoms with E-state index in [2.05, 4.69) is 4.90 Å². The Balaban J connectivity index is 1.97. The second-order valence-electron chi connectivity index (χ2n) is 4.04. The normalized spacial score (nSPS) is 20.5. The molecule has 1 aromatic rings. The lowest BCUT2D eigenvalue weighted by atomic mass is 10.2. The van der Waals surface area contributed by atoms with E-state index in [0.29, 0.717) is 11.9 Å². The predicted molar refractivity (Wildman–Crippen MR) is 60.4 cm³/mol. The van der Waals surface area contributed by atoms with Gasteiger partial charge in [0.2, 0.25) is 0 Å². The lowest BCUT2D eigenvalue weighted by Crippen LogP contribution is -2.28. The van der Waals surface area contributed by atoms with Crippen LogP contribution in [0.5, 0.6) is 5.75 Å². The number of likely N-dealkylation sites (N-methyl/N-ethyl adjacent to an activating group) is 1. The predicted octanol–water partition coefficient (Wildman–Crippen LogP) is 2.01. The van der Waals surface area contributed by atoms with Gasteiger partial charge in [-0.15, -0.1) is 0 Å². The highest BCUT2D eigenvalue weighted by molar-refractivity contribution is 5.49. The number of hydrogen-bond donors (Lipinski definition) is 1. The van der Waals surface area contributed by atoms with Crippen molar-refractivity contribution in [3.8, 4) is 5.75 Å². The highest BCUT2D eigenvalue weighted by Gasteiger charge is 2.17. The van der Waals surface area contributed by atoms with E-state index in [0.717, 1.165) is 25.3 Å². The summed E-state index contributed by atoms with van der Waals surface area (Å²) in [5.41, 5.74) is 1.03. The zero-order valence-electron chi connectivity index (χ0n) is 9.02. The molecule has 0 amide bonds. The maximum atomic E-state index is 9.36. The minimum absolute atomic E-state index is 0.312. The molecule has 0 spiro atoms. The monoisotopic (exact) mass is 207 g/mol. The molecule has 82 valence electrons. The number of aromatic hydroxyl groups is 1. The van der Waals surface area contributed by atoms with Gasteiger partial charge in [-0.3, -0.25) is 0 Å². The molecule has 3 nitrogen and oxygen atoms in total. The van der Waals surface area contributed by atoms with E-state index in [9.17, 15) is 5.11 Å². The van der Waals surface area contributed by atoms with Crippen LogP contribution in [-0.2, 0) is 4.74 Å². The fourth-order valence-electron chi connectivity index (χ4n) is 1.93. The SMILES string of the molecule is CN(CC1CCCO1)c1cccc(O)c1. The molecule has 0 aromatic heterocycles. The van der Waals surface area contributed by atoms with Crippen LogP contribution >= 0.6 is 0 Å². The van der Waals surface area contributed by atoms with Gasteiger partial charge >= 0.3 is 0 Å². The Morgan fingerprint density at radius 1 is 1.53 bits per heavy atom.